The van der Waals surface area contributed by atoms with Gasteiger partial charge in [-0.2, -0.15) is 20.1 Å². The molecular weight excluding hydrogens is 354 g/mol. The molecule has 0 bridgehead atoms. The van der Waals surface area contributed by atoms with Crippen molar-refractivity contribution >= 4 is 33.6 Å². The third kappa shape index (κ3) is 3.20. The molecule has 2 heterocycles. The number of hydrazine groups is 1. The number of halogens is 1. The van der Waals surface area contributed by atoms with Gasteiger partial charge in [0.05, 0.1) is 0 Å². The van der Waals surface area contributed by atoms with Crippen LogP contribution in [-0.2, 0) is 0 Å². The minimum atomic E-state index is 0.282. The number of nitrogens with two attached hydrogens (primary N) is 1. The molecule has 3 rings (SSSR count). The van der Waals surface area contributed by atoms with Gasteiger partial charge in [0.2, 0.25) is 5.95 Å². The van der Waals surface area contributed by atoms with Gasteiger partial charge in [0, 0.05) is 21.8 Å². The molecule has 0 amide bonds. The molecule has 7 nitrogen and oxygen atoms in total. The molecule has 3 aromatic rings. The quantitative estimate of drug-likeness (QED) is 0.542. The van der Waals surface area contributed by atoms with Crippen molar-refractivity contribution in [1.82, 2.24) is 24.7 Å². The number of nitrogens with one attached hydrogen (secondary N) is 1. The van der Waals surface area contributed by atoms with Crippen molar-refractivity contribution in [3.05, 3.63) is 47.2 Å². The van der Waals surface area contributed by atoms with Crippen LogP contribution in [0.25, 0.3) is 5.95 Å². The molecule has 106 valence electrons. The predicted molar refractivity (Wildman–Crippen MR) is 83.0 cm³/mol. The van der Waals surface area contributed by atoms with Gasteiger partial charge in [-0.3, -0.25) is 5.43 Å². The van der Waals surface area contributed by atoms with E-state index < -0.39 is 0 Å². The summed E-state index contributed by atoms with van der Waals surface area (Å²) in [6, 6.07) is 9.62. The minimum absolute atomic E-state index is 0.282. The highest BCUT2D eigenvalue weighted by molar-refractivity contribution is 9.10. The fourth-order valence-electron chi connectivity index (χ4n) is 1.57. The van der Waals surface area contributed by atoms with Crippen LogP contribution in [0, 0.1) is 0 Å². The Labute approximate surface area is 133 Å². The van der Waals surface area contributed by atoms with Crippen molar-refractivity contribution in [2.24, 2.45) is 5.84 Å². The highest BCUT2D eigenvalue weighted by Crippen LogP contribution is 2.31. The lowest BCUT2D eigenvalue weighted by Gasteiger charge is -2.07. The van der Waals surface area contributed by atoms with Crippen molar-refractivity contribution < 1.29 is 0 Å². The highest BCUT2D eigenvalue weighted by Gasteiger charge is 2.10. The highest BCUT2D eigenvalue weighted by atomic mass is 79.9. The summed E-state index contributed by atoms with van der Waals surface area (Å²) in [6.45, 7) is 0. The van der Waals surface area contributed by atoms with E-state index in [1.54, 1.807) is 23.1 Å². The van der Waals surface area contributed by atoms with Gasteiger partial charge in [0.15, 0.2) is 5.16 Å². The fraction of sp³-hybridized carbons (Fsp3) is 0. The van der Waals surface area contributed by atoms with Crippen LogP contribution in [0.2, 0.25) is 0 Å². The molecule has 0 aliphatic heterocycles. The number of benzene rings is 1. The topological polar surface area (TPSA) is 94.5 Å². The van der Waals surface area contributed by atoms with Gasteiger partial charge in [-0.05, 0) is 45.9 Å². The Balaban J connectivity index is 1.99. The summed E-state index contributed by atoms with van der Waals surface area (Å²) in [5.41, 5.74) is 2.44. The minimum Gasteiger partial charge on any atom is -0.292 e. The Morgan fingerprint density at radius 2 is 2.00 bits per heavy atom. The molecule has 9 heteroatoms. The van der Waals surface area contributed by atoms with Gasteiger partial charge in [0.25, 0.3) is 5.95 Å². The zero-order chi connectivity index (χ0) is 14.7. The maximum absolute atomic E-state index is 5.41. The molecular formula is C12H10BrN7S. The van der Waals surface area contributed by atoms with E-state index in [0.717, 1.165) is 9.37 Å². The first-order valence-electron chi connectivity index (χ1n) is 5.91. The molecule has 0 spiro atoms. The lowest BCUT2D eigenvalue weighted by atomic mass is 10.4. The molecule has 3 N–H and O–H groups in total. The van der Waals surface area contributed by atoms with Crippen LogP contribution < -0.4 is 11.3 Å². The first-order chi connectivity index (χ1) is 10.3. The van der Waals surface area contributed by atoms with Crippen molar-refractivity contribution in [3.8, 4) is 5.95 Å². The summed E-state index contributed by atoms with van der Waals surface area (Å²) < 4.78 is 2.52. The van der Waals surface area contributed by atoms with E-state index in [0.29, 0.717) is 11.1 Å². The SMILES string of the molecule is NNc1nc(Sc2ccccc2Br)nc(-n2cccn2)n1. The van der Waals surface area contributed by atoms with Crippen LogP contribution >= 0.6 is 27.7 Å². The second-order valence-electron chi connectivity index (χ2n) is 3.87. The van der Waals surface area contributed by atoms with Gasteiger partial charge in [-0.1, -0.05) is 12.1 Å². The molecule has 0 saturated carbocycles. The molecule has 0 aliphatic carbocycles. The molecule has 1 aromatic carbocycles. The van der Waals surface area contributed by atoms with Crippen LogP contribution in [0.1, 0.15) is 0 Å². The summed E-state index contributed by atoms with van der Waals surface area (Å²) in [7, 11) is 0. The Bertz CT molecular complexity index is 747. The molecule has 0 atom stereocenters. The van der Waals surface area contributed by atoms with Gasteiger partial charge < -0.3 is 0 Å². The molecule has 0 saturated heterocycles. The van der Waals surface area contributed by atoms with Crippen LogP contribution in [0.4, 0.5) is 5.95 Å². The average Bonchev–Trinajstić information content (AvgIpc) is 3.04. The zero-order valence-corrected chi connectivity index (χ0v) is 13.0. The number of rotatable bonds is 4. The van der Waals surface area contributed by atoms with Gasteiger partial charge in [-0.15, -0.1) is 0 Å². The Kier molecular flexibility index (Phi) is 4.13. The normalized spacial score (nSPS) is 10.6. The smallest absolute Gasteiger partial charge is 0.256 e. The molecule has 0 fully saturated rings. The lowest BCUT2D eigenvalue weighted by Crippen LogP contribution is -2.14. The van der Waals surface area contributed by atoms with Crippen molar-refractivity contribution in [2.45, 2.75) is 10.1 Å². The van der Waals surface area contributed by atoms with E-state index in [-0.39, 0.29) is 5.95 Å². The van der Waals surface area contributed by atoms with E-state index in [1.807, 2.05) is 24.3 Å². The number of nitrogens with zero attached hydrogens (tertiary/aromatic N) is 5. The van der Waals surface area contributed by atoms with Gasteiger partial charge >= 0.3 is 0 Å². The Morgan fingerprint density at radius 1 is 1.14 bits per heavy atom. The van der Waals surface area contributed by atoms with E-state index in [1.165, 1.54) is 11.8 Å². The molecule has 0 aliphatic rings. The second kappa shape index (κ2) is 6.20. The summed E-state index contributed by atoms with van der Waals surface area (Å²) in [4.78, 5) is 13.8. The maximum Gasteiger partial charge on any atom is 0.256 e. The van der Waals surface area contributed by atoms with E-state index >= 15 is 0 Å². The standard InChI is InChI=1S/C12H10BrN7S/c13-8-4-1-2-5-9(8)21-12-17-10(19-14)16-11(18-12)20-7-3-6-15-20/h1-7H,14H2,(H,16,17,18,19). The predicted octanol–water partition coefficient (Wildman–Crippen LogP) is 2.26. The summed E-state index contributed by atoms with van der Waals surface area (Å²) >= 11 is 4.91. The van der Waals surface area contributed by atoms with E-state index in [9.17, 15) is 0 Å². The van der Waals surface area contributed by atoms with Crippen LogP contribution in [0.15, 0.2) is 57.3 Å². The number of aromatic nitrogens is 5. The second-order valence-corrected chi connectivity index (χ2v) is 5.73. The average molecular weight is 364 g/mol. The summed E-state index contributed by atoms with van der Waals surface area (Å²) in [6.07, 6.45) is 3.41. The molecule has 2 aromatic heterocycles. The van der Waals surface area contributed by atoms with Gasteiger partial charge in [-0.25, -0.2) is 10.5 Å². The lowest BCUT2D eigenvalue weighted by molar-refractivity contribution is 0.760. The van der Waals surface area contributed by atoms with Crippen LogP contribution in [0.3, 0.4) is 0 Å². The van der Waals surface area contributed by atoms with Crippen molar-refractivity contribution in [1.29, 1.82) is 0 Å². The number of hydrogen-bond acceptors (Lipinski definition) is 7. The van der Waals surface area contributed by atoms with Crippen LogP contribution in [0.5, 0.6) is 0 Å². The van der Waals surface area contributed by atoms with E-state index in [2.05, 4.69) is 41.4 Å². The first-order valence-corrected chi connectivity index (χ1v) is 7.52. The number of nitrogen functional groups attached to an aromatic ring is 1. The molecule has 0 radical (unpaired) electrons. The van der Waals surface area contributed by atoms with Crippen molar-refractivity contribution in [2.75, 3.05) is 5.43 Å². The maximum atomic E-state index is 5.41. The summed E-state index contributed by atoms with van der Waals surface area (Å²) in [5, 5.41) is 4.63. The largest absolute Gasteiger partial charge is 0.292 e. The monoisotopic (exact) mass is 363 g/mol. The van der Waals surface area contributed by atoms with E-state index in [4.69, 9.17) is 5.84 Å². The Hall–Kier alpha value is -1.97. The third-order valence-corrected chi connectivity index (χ3v) is 4.37. The Morgan fingerprint density at radius 3 is 2.71 bits per heavy atom. The zero-order valence-electron chi connectivity index (χ0n) is 10.6. The first kappa shape index (κ1) is 14.0. The fourth-order valence-corrected chi connectivity index (χ4v) is 2.87. The molecule has 0 unspecified atom stereocenters. The number of anilines is 1. The third-order valence-electron chi connectivity index (χ3n) is 2.48. The summed E-state index contributed by atoms with van der Waals surface area (Å²) in [5.74, 6) is 6.10. The van der Waals surface area contributed by atoms with Crippen LogP contribution in [-0.4, -0.2) is 24.7 Å². The number of hydrogen-bond donors (Lipinski definition) is 2. The molecule has 21 heavy (non-hydrogen) atoms. The van der Waals surface area contributed by atoms with Gasteiger partial charge in [0.1, 0.15) is 0 Å². The van der Waals surface area contributed by atoms with Crippen molar-refractivity contribution in [3.63, 3.8) is 0 Å².